The molecular weight excluding hydrogens is 174 g/mol. The van der Waals surface area contributed by atoms with Gasteiger partial charge < -0.3 is 5.32 Å². The van der Waals surface area contributed by atoms with Crippen molar-refractivity contribution in [3.05, 3.63) is 0 Å². The third-order valence-corrected chi connectivity index (χ3v) is 4.03. The van der Waals surface area contributed by atoms with E-state index in [0.717, 1.165) is 18.8 Å². The first-order valence-corrected chi connectivity index (χ1v) is 6.02. The normalized spacial score (nSPS) is 37.1. The maximum atomic E-state index is 11.6. The largest absolute Gasteiger partial charge is 0.353 e. The molecule has 0 spiro atoms. The van der Waals surface area contributed by atoms with E-state index >= 15 is 0 Å². The van der Waals surface area contributed by atoms with Gasteiger partial charge in [-0.25, -0.2) is 0 Å². The van der Waals surface area contributed by atoms with Crippen LogP contribution < -0.4 is 5.32 Å². The molecule has 2 heteroatoms. The molecule has 0 bridgehead atoms. The Labute approximate surface area is 86.5 Å². The fourth-order valence-electron chi connectivity index (χ4n) is 2.67. The van der Waals surface area contributed by atoms with Gasteiger partial charge in [0.2, 0.25) is 5.91 Å². The van der Waals surface area contributed by atoms with Crippen molar-refractivity contribution in [2.45, 2.75) is 52.0 Å². The summed E-state index contributed by atoms with van der Waals surface area (Å²) < 4.78 is 0. The van der Waals surface area contributed by atoms with Gasteiger partial charge in [0, 0.05) is 12.0 Å². The molecule has 0 aliphatic heterocycles. The van der Waals surface area contributed by atoms with E-state index in [0.29, 0.717) is 23.8 Å². The van der Waals surface area contributed by atoms with Crippen LogP contribution >= 0.6 is 0 Å². The van der Waals surface area contributed by atoms with Gasteiger partial charge in [0.1, 0.15) is 0 Å². The topological polar surface area (TPSA) is 29.1 Å². The predicted octanol–water partition coefficient (Wildman–Crippen LogP) is 2.34. The zero-order valence-electron chi connectivity index (χ0n) is 9.25. The van der Waals surface area contributed by atoms with Crippen LogP contribution in [0.1, 0.15) is 46.0 Å². The van der Waals surface area contributed by atoms with Crippen LogP contribution in [0.5, 0.6) is 0 Å². The van der Waals surface area contributed by atoms with E-state index in [2.05, 4.69) is 19.2 Å². The molecule has 2 rings (SSSR count). The molecular formula is C12H21NO. The van der Waals surface area contributed by atoms with Gasteiger partial charge in [0.05, 0.1) is 0 Å². The Morgan fingerprint density at radius 2 is 2.00 bits per heavy atom. The number of carbonyl (C=O) groups excluding carboxylic acids is 1. The lowest BCUT2D eigenvalue weighted by Gasteiger charge is -2.20. The highest BCUT2D eigenvalue weighted by molar-refractivity contribution is 5.81. The molecule has 0 aromatic heterocycles. The van der Waals surface area contributed by atoms with E-state index in [1.807, 2.05) is 0 Å². The first-order valence-electron chi connectivity index (χ1n) is 6.02. The van der Waals surface area contributed by atoms with Crippen LogP contribution in [0.3, 0.4) is 0 Å². The van der Waals surface area contributed by atoms with Crippen molar-refractivity contribution in [3.8, 4) is 0 Å². The quantitative estimate of drug-likeness (QED) is 0.735. The smallest absolute Gasteiger partial charge is 0.223 e. The zero-order valence-corrected chi connectivity index (χ0v) is 9.25. The standard InChI is InChI=1S/C12H21NO/c1-3-9-6-7-11(8(9)2)13-12(14)10-4-5-10/h8-11H,3-7H2,1-2H3,(H,13,14). The molecule has 2 aliphatic rings. The van der Waals surface area contributed by atoms with Gasteiger partial charge in [-0.3, -0.25) is 4.79 Å². The van der Waals surface area contributed by atoms with Crippen LogP contribution in [0, 0.1) is 17.8 Å². The van der Waals surface area contributed by atoms with Crippen molar-refractivity contribution in [1.82, 2.24) is 5.32 Å². The summed E-state index contributed by atoms with van der Waals surface area (Å²) >= 11 is 0. The van der Waals surface area contributed by atoms with Crippen LogP contribution in [0.25, 0.3) is 0 Å². The van der Waals surface area contributed by atoms with Crippen LogP contribution in [0.15, 0.2) is 0 Å². The van der Waals surface area contributed by atoms with Crippen molar-refractivity contribution >= 4 is 5.91 Å². The molecule has 2 nitrogen and oxygen atoms in total. The highest BCUT2D eigenvalue weighted by Gasteiger charge is 2.36. The predicted molar refractivity (Wildman–Crippen MR) is 56.8 cm³/mol. The maximum absolute atomic E-state index is 11.6. The van der Waals surface area contributed by atoms with Gasteiger partial charge in [-0.1, -0.05) is 20.3 Å². The number of carbonyl (C=O) groups is 1. The van der Waals surface area contributed by atoms with Crippen LogP contribution in [0.2, 0.25) is 0 Å². The molecule has 0 saturated heterocycles. The number of amides is 1. The fourth-order valence-corrected chi connectivity index (χ4v) is 2.67. The summed E-state index contributed by atoms with van der Waals surface area (Å²) in [6, 6.07) is 0.466. The molecule has 0 aromatic rings. The maximum Gasteiger partial charge on any atom is 0.223 e. The Morgan fingerprint density at radius 3 is 2.50 bits per heavy atom. The minimum Gasteiger partial charge on any atom is -0.353 e. The molecule has 1 N–H and O–H groups in total. The number of nitrogens with one attached hydrogen (secondary N) is 1. The second kappa shape index (κ2) is 3.92. The minimum atomic E-state index is 0.318. The average molecular weight is 195 g/mol. The van der Waals surface area contributed by atoms with Crippen molar-refractivity contribution in [3.63, 3.8) is 0 Å². The summed E-state index contributed by atoms with van der Waals surface area (Å²) in [4.78, 5) is 11.6. The second-order valence-corrected chi connectivity index (χ2v) is 4.99. The SMILES string of the molecule is CCC1CCC(NC(=O)C2CC2)C1C. The van der Waals surface area contributed by atoms with Crippen molar-refractivity contribution < 1.29 is 4.79 Å². The van der Waals surface area contributed by atoms with Gasteiger partial charge in [0.15, 0.2) is 0 Å². The third-order valence-electron chi connectivity index (χ3n) is 4.03. The minimum absolute atomic E-state index is 0.318. The lowest BCUT2D eigenvalue weighted by atomic mass is 9.93. The average Bonchev–Trinajstić information content (AvgIpc) is 2.95. The van der Waals surface area contributed by atoms with Crippen LogP contribution in [-0.2, 0) is 4.79 Å². The first kappa shape index (κ1) is 10.0. The number of rotatable bonds is 3. The number of hydrogen-bond acceptors (Lipinski definition) is 1. The Balaban J connectivity index is 1.83. The fraction of sp³-hybridized carbons (Fsp3) is 0.917. The molecule has 0 heterocycles. The van der Waals surface area contributed by atoms with E-state index in [9.17, 15) is 4.79 Å². The molecule has 3 unspecified atom stereocenters. The molecule has 2 saturated carbocycles. The molecule has 14 heavy (non-hydrogen) atoms. The van der Waals surface area contributed by atoms with Crippen molar-refractivity contribution in [2.24, 2.45) is 17.8 Å². The van der Waals surface area contributed by atoms with Crippen LogP contribution in [0.4, 0.5) is 0 Å². The van der Waals surface area contributed by atoms with Gasteiger partial charge >= 0.3 is 0 Å². The molecule has 2 fully saturated rings. The summed E-state index contributed by atoms with van der Waals surface area (Å²) in [7, 11) is 0. The van der Waals surface area contributed by atoms with Gasteiger partial charge in [-0.2, -0.15) is 0 Å². The lowest BCUT2D eigenvalue weighted by Crippen LogP contribution is -2.38. The van der Waals surface area contributed by atoms with Crippen LogP contribution in [-0.4, -0.2) is 11.9 Å². The Kier molecular flexibility index (Phi) is 2.80. The van der Waals surface area contributed by atoms with E-state index in [1.54, 1.807) is 0 Å². The highest BCUT2D eigenvalue weighted by Crippen LogP contribution is 2.35. The summed E-state index contributed by atoms with van der Waals surface area (Å²) in [5.41, 5.74) is 0. The summed E-state index contributed by atoms with van der Waals surface area (Å²) in [5.74, 6) is 2.20. The second-order valence-electron chi connectivity index (χ2n) is 4.99. The Hall–Kier alpha value is -0.530. The van der Waals surface area contributed by atoms with E-state index in [1.165, 1.54) is 19.3 Å². The summed E-state index contributed by atoms with van der Waals surface area (Å²) in [6.07, 6.45) is 5.98. The molecule has 0 radical (unpaired) electrons. The monoisotopic (exact) mass is 195 g/mol. The first-order chi connectivity index (χ1) is 6.72. The highest BCUT2D eigenvalue weighted by atomic mass is 16.2. The molecule has 2 aliphatic carbocycles. The summed E-state index contributed by atoms with van der Waals surface area (Å²) in [6.45, 7) is 4.55. The van der Waals surface area contributed by atoms with E-state index < -0.39 is 0 Å². The lowest BCUT2D eigenvalue weighted by molar-refractivity contribution is -0.123. The molecule has 1 amide bonds. The van der Waals surface area contributed by atoms with E-state index in [-0.39, 0.29) is 0 Å². The molecule has 80 valence electrons. The zero-order chi connectivity index (χ0) is 10.1. The third kappa shape index (κ3) is 1.94. The Morgan fingerprint density at radius 1 is 1.29 bits per heavy atom. The van der Waals surface area contributed by atoms with Gasteiger partial charge in [0.25, 0.3) is 0 Å². The van der Waals surface area contributed by atoms with E-state index in [4.69, 9.17) is 0 Å². The Bertz CT molecular complexity index is 222. The van der Waals surface area contributed by atoms with Crippen molar-refractivity contribution in [2.75, 3.05) is 0 Å². The molecule has 3 atom stereocenters. The number of hydrogen-bond donors (Lipinski definition) is 1. The van der Waals surface area contributed by atoms with Crippen molar-refractivity contribution in [1.29, 1.82) is 0 Å². The van der Waals surface area contributed by atoms with Gasteiger partial charge in [-0.05, 0) is 37.5 Å². The molecule has 0 aromatic carbocycles. The summed E-state index contributed by atoms with van der Waals surface area (Å²) in [5, 5.41) is 3.22. The van der Waals surface area contributed by atoms with Gasteiger partial charge in [-0.15, -0.1) is 0 Å².